The maximum Gasteiger partial charge on any atom is 0.264 e. The normalized spacial score (nSPS) is 23.5. The van der Waals surface area contributed by atoms with Gasteiger partial charge in [-0.3, -0.25) is 4.79 Å². The first-order valence-electron chi connectivity index (χ1n) is 6.02. The van der Waals surface area contributed by atoms with E-state index in [4.69, 9.17) is 4.74 Å². The fourth-order valence-electron chi connectivity index (χ4n) is 2.48. The molecule has 90 valence electrons. The van der Waals surface area contributed by atoms with E-state index in [1.54, 1.807) is 11.9 Å². The zero-order valence-corrected chi connectivity index (χ0v) is 9.90. The van der Waals surface area contributed by atoms with Crippen molar-refractivity contribution in [3.63, 3.8) is 0 Å². The molecule has 1 aromatic rings. The fourth-order valence-corrected chi connectivity index (χ4v) is 2.48. The molecule has 2 aliphatic rings. The zero-order valence-electron chi connectivity index (χ0n) is 9.90. The van der Waals surface area contributed by atoms with Crippen LogP contribution >= 0.6 is 0 Å². The second kappa shape index (κ2) is 4.04. The second-order valence-corrected chi connectivity index (χ2v) is 4.62. The number of hydrogen-bond donors (Lipinski definition) is 1. The van der Waals surface area contributed by atoms with Crippen molar-refractivity contribution in [3.8, 4) is 5.75 Å². The molecular weight excluding hydrogens is 216 g/mol. The molecule has 1 amide bonds. The molecule has 1 aromatic carbocycles. The number of carbonyl (C=O) groups excluding carboxylic acids is 1. The van der Waals surface area contributed by atoms with E-state index in [1.807, 2.05) is 6.07 Å². The highest BCUT2D eigenvalue weighted by Gasteiger charge is 2.24. The van der Waals surface area contributed by atoms with Crippen LogP contribution in [0.1, 0.15) is 24.4 Å². The highest BCUT2D eigenvalue weighted by atomic mass is 16.5. The Morgan fingerprint density at radius 3 is 3.12 bits per heavy atom. The van der Waals surface area contributed by atoms with Gasteiger partial charge in [-0.1, -0.05) is 6.07 Å². The van der Waals surface area contributed by atoms with Crippen molar-refractivity contribution in [2.75, 3.05) is 25.1 Å². The molecular formula is C13H16N2O2. The van der Waals surface area contributed by atoms with E-state index < -0.39 is 0 Å². The van der Waals surface area contributed by atoms with Crippen LogP contribution in [0.3, 0.4) is 0 Å². The molecule has 4 nitrogen and oxygen atoms in total. The number of benzene rings is 1. The molecule has 0 bridgehead atoms. The van der Waals surface area contributed by atoms with E-state index >= 15 is 0 Å². The molecule has 1 fully saturated rings. The van der Waals surface area contributed by atoms with Crippen LogP contribution in [0.25, 0.3) is 0 Å². The number of carbonyl (C=O) groups is 1. The van der Waals surface area contributed by atoms with Gasteiger partial charge >= 0.3 is 0 Å². The molecule has 0 aliphatic carbocycles. The molecule has 1 N–H and O–H groups in total. The lowest BCUT2D eigenvalue weighted by molar-refractivity contribution is -0.120. The highest BCUT2D eigenvalue weighted by Crippen LogP contribution is 2.35. The molecule has 0 radical (unpaired) electrons. The number of ether oxygens (including phenoxy) is 1. The van der Waals surface area contributed by atoms with Gasteiger partial charge in [0.1, 0.15) is 5.75 Å². The second-order valence-electron chi connectivity index (χ2n) is 4.62. The van der Waals surface area contributed by atoms with Crippen molar-refractivity contribution in [2.45, 2.75) is 18.9 Å². The summed E-state index contributed by atoms with van der Waals surface area (Å²) in [5.41, 5.74) is 2.12. The average Bonchev–Trinajstić information content (AvgIpc) is 2.87. The quantitative estimate of drug-likeness (QED) is 0.797. The van der Waals surface area contributed by atoms with Crippen LogP contribution in [0.2, 0.25) is 0 Å². The summed E-state index contributed by atoms with van der Waals surface area (Å²) >= 11 is 0. The van der Waals surface area contributed by atoms with Crippen molar-refractivity contribution >= 4 is 11.6 Å². The lowest BCUT2D eigenvalue weighted by atomic mass is 10.0. The molecule has 0 saturated carbocycles. The minimum Gasteiger partial charge on any atom is -0.482 e. The number of anilines is 1. The third-order valence-corrected chi connectivity index (χ3v) is 3.53. The van der Waals surface area contributed by atoms with Crippen LogP contribution in [0, 0.1) is 0 Å². The molecule has 2 aliphatic heterocycles. The Morgan fingerprint density at radius 1 is 1.47 bits per heavy atom. The Hall–Kier alpha value is -1.55. The van der Waals surface area contributed by atoms with Gasteiger partial charge in [0.25, 0.3) is 5.91 Å². The molecule has 3 rings (SSSR count). The van der Waals surface area contributed by atoms with E-state index in [-0.39, 0.29) is 12.5 Å². The first-order chi connectivity index (χ1) is 8.25. The van der Waals surface area contributed by atoms with Gasteiger partial charge in [0.2, 0.25) is 0 Å². The summed E-state index contributed by atoms with van der Waals surface area (Å²) in [5.74, 6) is 0.822. The van der Waals surface area contributed by atoms with Crippen molar-refractivity contribution in [1.82, 2.24) is 5.32 Å². The van der Waals surface area contributed by atoms with Gasteiger partial charge in [-0.25, -0.2) is 0 Å². The number of fused-ring (bicyclic) bond motifs is 1. The Morgan fingerprint density at radius 2 is 2.35 bits per heavy atom. The van der Waals surface area contributed by atoms with Gasteiger partial charge in [-0.2, -0.15) is 0 Å². The molecule has 0 spiro atoms. The number of likely N-dealkylation sites (N-methyl/N-ethyl adjacent to an activating group) is 1. The molecule has 0 aromatic heterocycles. The summed E-state index contributed by atoms with van der Waals surface area (Å²) in [6.07, 6.45) is 2.40. The predicted octanol–water partition coefficient (Wildman–Crippen LogP) is 1.47. The third-order valence-electron chi connectivity index (χ3n) is 3.53. The van der Waals surface area contributed by atoms with Crippen LogP contribution in [0.4, 0.5) is 5.69 Å². The van der Waals surface area contributed by atoms with E-state index in [0.717, 1.165) is 18.0 Å². The maximum absolute atomic E-state index is 11.5. The lowest BCUT2D eigenvalue weighted by Gasteiger charge is -2.26. The van der Waals surface area contributed by atoms with Crippen molar-refractivity contribution in [2.24, 2.45) is 0 Å². The van der Waals surface area contributed by atoms with Gasteiger partial charge in [0.05, 0.1) is 5.69 Å². The van der Waals surface area contributed by atoms with E-state index in [2.05, 4.69) is 17.4 Å². The van der Waals surface area contributed by atoms with Gasteiger partial charge in [0, 0.05) is 13.1 Å². The van der Waals surface area contributed by atoms with E-state index in [9.17, 15) is 4.79 Å². The van der Waals surface area contributed by atoms with Gasteiger partial charge in [-0.15, -0.1) is 0 Å². The Bertz CT molecular complexity index is 453. The molecule has 1 saturated heterocycles. The number of amides is 1. The van der Waals surface area contributed by atoms with Gasteiger partial charge in [0.15, 0.2) is 6.61 Å². The predicted molar refractivity (Wildman–Crippen MR) is 65.3 cm³/mol. The summed E-state index contributed by atoms with van der Waals surface area (Å²) in [5, 5.41) is 3.46. The van der Waals surface area contributed by atoms with Gasteiger partial charge < -0.3 is 15.0 Å². The van der Waals surface area contributed by atoms with Crippen LogP contribution in [-0.2, 0) is 4.79 Å². The SMILES string of the molecule is CN1C(=O)COc2cc(C3CCCN3)ccc21. The molecule has 17 heavy (non-hydrogen) atoms. The summed E-state index contributed by atoms with van der Waals surface area (Å²) in [7, 11) is 1.79. The zero-order chi connectivity index (χ0) is 11.8. The van der Waals surface area contributed by atoms with E-state index in [1.165, 1.54) is 18.4 Å². The summed E-state index contributed by atoms with van der Waals surface area (Å²) < 4.78 is 5.49. The number of hydrogen-bond acceptors (Lipinski definition) is 3. The van der Waals surface area contributed by atoms with E-state index in [0.29, 0.717) is 6.04 Å². The fraction of sp³-hybridized carbons (Fsp3) is 0.462. The van der Waals surface area contributed by atoms with Crippen LogP contribution in [0.15, 0.2) is 18.2 Å². The minimum atomic E-state index is 0.00393. The Kier molecular flexibility index (Phi) is 2.52. The topological polar surface area (TPSA) is 41.6 Å². The first-order valence-corrected chi connectivity index (χ1v) is 6.02. The first kappa shape index (κ1) is 10.6. The van der Waals surface area contributed by atoms with Crippen molar-refractivity contribution in [3.05, 3.63) is 23.8 Å². The molecule has 2 heterocycles. The molecule has 1 atom stereocenters. The molecule has 1 unspecified atom stereocenters. The number of nitrogens with zero attached hydrogens (tertiary/aromatic N) is 1. The summed E-state index contributed by atoms with van der Waals surface area (Å²) in [4.78, 5) is 13.1. The Labute approximate surface area is 101 Å². The lowest BCUT2D eigenvalue weighted by Crippen LogP contribution is -2.35. The smallest absolute Gasteiger partial charge is 0.264 e. The third kappa shape index (κ3) is 1.78. The number of rotatable bonds is 1. The van der Waals surface area contributed by atoms with Crippen molar-refractivity contribution < 1.29 is 9.53 Å². The van der Waals surface area contributed by atoms with Gasteiger partial charge in [-0.05, 0) is 37.1 Å². The average molecular weight is 232 g/mol. The largest absolute Gasteiger partial charge is 0.482 e. The summed E-state index contributed by atoms with van der Waals surface area (Å²) in [6.45, 7) is 1.23. The number of nitrogens with one attached hydrogen (secondary N) is 1. The van der Waals surface area contributed by atoms with Crippen LogP contribution in [-0.4, -0.2) is 26.1 Å². The summed E-state index contributed by atoms with van der Waals surface area (Å²) in [6, 6.07) is 6.55. The maximum atomic E-state index is 11.5. The minimum absolute atomic E-state index is 0.00393. The standard InChI is InChI=1S/C13H16N2O2/c1-15-11-5-4-9(10-3-2-6-14-10)7-12(11)17-8-13(15)16/h4-5,7,10,14H,2-3,6,8H2,1H3. The van der Waals surface area contributed by atoms with Crippen molar-refractivity contribution in [1.29, 1.82) is 0 Å². The highest BCUT2D eigenvalue weighted by molar-refractivity contribution is 5.97. The van der Waals surface area contributed by atoms with Crippen LogP contribution in [0.5, 0.6) is 5.75 Å². The van der Waals surface area contributed by atoms with Crippen LogP contribution < -0.4 is 15.0 Å². The molecule has 4 heteroatoms. The Balaban J connectivity index is 1.93. The monoisotopic (exact) mass is 232 g/mol.